The van der Waals surface area contributed by atoms with Crippen molar-refractivity contribution in [2.24, 2.45) is 0 Å². The molecule has 0 aliphatic heterocycles. The van der Waals surface area contributed by atoms with Crippen LogP contribution in [0.4, 0.5) is 0 Å². The highest BCUT2D eigenvalue weighted by atomic mass is 35.5. The van der Waals surface area contributed by atoms with E-state index < -0.39 is 6.10 Å². The number of rotatable bonds is 9. The SMILES string of the molecule is CCCCN(CCCC)CC(O)c1ccnc2c(Cl)cccc12. The number of pyridine rings is 1. The van der Waals surface area contributed by atoms with Crippen LogP contribution in [-0.4, -0.2) is 34.6 Å². The molecule has 1 N–H and O–H groups in total. The summed E-state index contributed by atoms with van der Waals surface area (Å²) in [6.07, 6.45) is 5.89. The molecular weight excluding hydrogens is 308 g/mol. The molecule has 2 aromatic rings. The van der Waals surface area contributed by atoms with E-state index >= 15 is 0 Å². The Hall–Kier alpha value is -1.16. The summed E-state index contributed by atoms with van der Waals surface area (Å²) in [6, 6.07) is 7.63. The Morgan fingerprint density at radius 3 is 2.48 bits per heavy atom. The first kappa shape index (κ1) is 18.2. The van der Waals surface area contributed by atoms with Gasteiger partial charge in [-0.15, -0.1) is 0 Å². The minimum Gasteiger partial charge on any atom is -0.387 e. The quantitative estimate of drug-likeness (QED) is 0.714. The summed E-state index contributed by atoms with van der Waals surface area (Å²) in [4.78, 5) is 6.71. The lowest BCUT2D eigenvalue weighted by Crippen LogP contribution is -2.30. The van der Waals surface area contributed by atoms with Crippen LogP contribution in [0.5, 0.6) is 0 Å². The third kappa shape index (κ3) is 4.90. The molecule has 23 heavy (non-hydrogen) atoms. The summed E-state index contributed by atoms with van der Waals surface area (Å²) in [5.74, 6) is 0. The molecule has 3 nitrogen and oxygen atoms in total. The van der Waals surface area contributed by atoms with E-state index in [1.54, 1.807) is 6.20 Å². The monoisotopic (exact) mass is 334 g/mol. The van der Waals surface area contributed by atoms with Gasteiger partial charge in [-0.2, -0.15) is 0 Å². The van der Waals surface area contributed by atoms with Gasteiger partial charge in [0.05, 0.1) is 16.6 Å². The summed E-state index contributed by atoms with van der Waals surface area (Å²) >= 11 is 6.22. The van der Waals surface area contributed by atoms with Gasteiger partial charge >= 0.3 is 0 Å². The number of halogens is 1. The first-order chi connectivity index (χ1) is 11.2. The lowest BCUT2D eigenvalue weighted by Gasteiger charge is -2.25. The number of aliphatic hydroxyl groups is 1. The fourth-order valence-electron chi connectivity index (χ4n) is 2.85. The van der Waals surface area contributed by atoms with Crippen LogP contribution in [0.3, 0.4) is 0 Å². The van der Waals surface area contributed by atoms with Crippen LogP contribution in [0.1, 0.15) is 51.2 Å². The highest BCUT2D eigenvalue weighted by Gasteiger charge is 2.16. The van der Waals surface area contributed by atoms with E-state index in [1.165, 1.54) is 25.7 Å². The largest absolute Gasteiger partial charge is 0.387 e. The van der Waals surface area contributed by atoms with Gasteiger partial charge in [-0.05, 0) is 43.6 Å². The normalized spacial score (nSPS) is 12.9. The van der Waals surface area contributed by atoms with Crippen molar-refractivity contribution in [3.05, 3.63) is 41.0 Å². The minimum atomic E-state index is -0.521. The molecule has 0 bridgehead atoms. The fraction of sp³-hybridized carbons (Fsp3) is 0.526. The van der Waals surface area contributed by atoms with Crippen LogP contribution in [-0.2, 0) is 0 Å². The summed E-state index contributed by atoms with van der Waals surface area (Å²) in [6.45, 7) is 7.14. The molecule has 1 heterocycles. The Morgan fingerprint density at radius 1 is 1.13 bits per heavy atom. The summed E-state index contributed by atoms with van der Waals surface area (Å²) in [5.41, 5.74) is 1.68. The van der Waals surface area contributed by atoms with Gasteiger partial charge in [0, 0.05) is 18.1 Å². The second kappa shape index (κ2) is 9.21. The van der Waals surface area contributed by atoms with Gasteiger partial charge in [0.1, 0.15) is 0 Å². The average molecular weight is 335 g/mol. The predicted octanol–water partition coefficient (Wildman–Crippen LogP) is 4.82. The van der Waals surface area contributed by atoms with Gasteiger partial charge in [0.15, 0.2) is 0 Å². The fourth-order valence-corrected chi connectivity index (χ4v) is 3.08. The topological polar surface area (TPSA) is 36.4 Å². The molecule has 2 rings (SSSR count). The molecule has 1 unspecified atom stereocenters. The standard InChI is InChI=1S/C19H27ClN2O/c1-3-5-12-22(13-6-4-2)14-18(23)15-10-11-21-19-16(15)8-7-9-17(19)20/h7-11,18,23H,3-6,12-14H2,1-2H3. The van der Waals surface area contributed by atoms with Gasteiger partial charge in [-0.25, -0.2) is 0 Å². The van der Waals surface area contributed by atoms with Crippen LogP contribution >= 0.6 is 11.6 Å². The molecule has 0 saturated heterocycles. The van der Waals surface area contributed by atoms with E-state index in [0.717, 1.165) is 29.6 Å². The van der Waals surface area contributed by atoms with Crippen LogP contribution < -0.4 is 0 Å². The number of hydrogen-bond donors (Lipinski definition) is 1. The smallest absolute Gasteiger partial charge is 0.0924 e. The Kier molecular flexibility index (Phi) is 7.28. The van der Waals surface area contributed by atoms with E-state index in [4.69, 9.17) is 11.6 Å². The van der Waals surface area contributed by atoms with Crippen LogP contribution in [0.2, 0.25) is 5.02 Å². The molecule has 0 saturated carbocycles. The van der Waals surface area contributed by atoms with E-state index in [2.05, 4.69) is 23.7 Å². The Balaban J connectivity index is 2.18. The summed E-state index contributed by atoms with van der Waals surface area (Å²) in [5, 5.41) is 12.3. The summed E-state index contributed by atoms with van der Waals surface area (Å²) < 4.78 is 0. The zero-order valence-corrected chi connectivity index (χ0v) is 14.9. The lowest BCUT2D eigenvalue weighted by atomic mass is 10.0. The van der Waals surface area contributed by atoms with Gasteiger partial charge < -0.3 is 10.0 Å². The average Bonchev–Trinajstić information content (AvgIpc) is 2.57. The van der Waals surface area contributed by atoms with Crippen LogP contribution in [0.25, 0.3) is 10.9 Å². The molecule has 126 valence electrons. The van der Waals surface area contributed by atoms with E-state index in [9.17, 15) is 5.11 Å². The number of unbranched alkanes of at least 4 members (excludes halogenated alkanes) is 2. The Labute approximate surface area is 144 Å². The van der Waals surface area contributed by atoms with Crippen molar-refractivity contribution in [2.45, 2.75) is 45.6 Å². The first-order valence-electron chi connectivity index (χ1n) is 8.60. The molecule has 1 atom stereocenters. The second-order valence-corrected chi connectivity index (χ2v) is 6.47. The van der Waals surface area contributed by atoms with E-state index in [0.29, 0.717) is 11.6 Å². The van der Waals surface area contributed by atoms with Crippen molar-refractivity contribution < 1.29 is 5.11 Å². The zero-order chi connectivity index (χ0) is 16.7. The number of aliphatic hydroxyl groups excluding tert-OH is 1. The number of aromatic nitrogens is 1. The number of hydrogen-bond acceptors (Lipinski definition) is 3. The maximum Gasteiger partial charge on any atom is 0.0924 e. The van der Waals surface area contributed by atoms with Crippen LogP contribution in [0, 0.1) is 0 Å². The minimum absolute atomic E-state index is 0.521. The molecule has 0 aliphatic rings. The third-order valence-electron chi connectivity index (χ3n) is 4.20. The molecule has 0 spiro atoms. The van der Waals surface area contributed by atoms with E-state index in [1.807, 2.05) is 24.3 Å². The molecule has 1 aromatic heterocycles. The number of nitrogens with zero attached hydrogens (tertiary/aromatic N) is 2. The van der Waals surface area contributed by atoms with Gasteiger partial charge in [0.2, 0.25) is 0 Å². The van der Waals surface area contributed by atoms with Crippen molar-refractivity contribution >= 4 is 22.5 Å². The van der Waals surface area contributed by atoms with Crippen molar-refractivity contribution in [1.29, 1.82) is 0 Å². The van der Waals surface area contributed by atoms with Crippen LogP contribution in [0.15, 0.2) is 30.5 Å². The number of para-hydroxylation sites is 1. The molecule has 0 aliphatic carbocycles. The number of benzene rings is 1. The second-order valence-electron chi connectivity index (χ2n) is 6.06. The van der Waals surface area contributed by atoms with Crippen molar-refractivity contribution in [3.63, 3.8) is 0 Å². The van der Waals surface area contributed by atoms with Gasteiger partial charge in [-0.1, -0.05) is 50.4 Å². The van der Waals surface area contributed by atoms with Crippen molar-refractivity contribution in [1.82, 2.24) is 9.88 Å². The summed E-state index contributed by atoms with van der Waals surface area (Å²) in [7, 11) is 0. The Morgan fingerprint density at radius 2 is 1.83 bits per heavy atom. The predicted molar refractivity (Wildman–Crippen MR) is 98.0 cm³/mol. The third-order valence-corrected chi connectivity index (χ3v) is 4.51. The molecule has 0 radical (unpaired) electrons. The van der Waals surface area contributed by atoms with E-state index in [-0.39, 0.29) is 0 Å². The maximum atomic E-state index is 10.8. The highest BCUT2D eigenvalue weighted by Crippen LogP contribution is 2.28. The lowest BCUT2D eigenvalue weighted by molar-refractivity contribution is 0.112. The maximum absolute atomic E-state index is 10.8. The molecule has 1 aromatic carbocycles. The number of fused-ring (bicyclic) bond motifs is 1. The Bertz CT molecular complexity index is 609. The zero-order valence-electron chi connectivity index (χ0n) is 14.1. The molecule has 4 heteroatoms. The van der Waals surface area contributed by atoms with Gasteiger partial charge in [0.25, 0.3) is 0 Å². The van der Waals surface area contributed by atoms with Crippen molar-refractivity contribution in [3.8, 4) is 0 Å². The molecule has 0 fully saturated rings. The molecule has 0 amide bonds. The van der Waals surface area contributed by atoms with Gasteiger partial charge in [-0.3, -0.25) is 4.98 Å². The molecular formula is C19H27ClN2O. The highest BCUT2D eigenvalue weighted by molar-refractivity contribution is 6.35. The first-order valence-corrected chi connectivity index (χ1v) is 8.98. The van der Waals surface area contributed by atoms with Crippen molar-refractivity contribution in [2.75, 3.05) is 19.6 Å².